The third-order valence-electron chi connectivity index (χ3n) is 6.44. The van der Waals surface area contributed by atoms with Gasteiger partial charge in [-0.05, 0) is 51.7 Å². The van der Waals surface area contributed by atoms with Gasteiger partial charge in [0.2, 0.25) is 5.91 Å². The standard InChI is InChI=1S/C24H33N5O2S/c1-3-28-22(20-13-8-14-29(20)23(31)18-10-7-9-17(2)15-18)26-27-24(28)32-16-21(30)25-19-11-5-4-6-12-19/h7,9-10,15,19-20H,3-6,8,11-14,16H2,1-2H3,(H,25,30). The van der Waals surface area contributed by atoms with Crippen LogP contribution in [0.1, 0.15) is 79.7 Å². The molecule has 0 bridgehead atoms. The molecular formula is C24H33N5O2S. The van der Waals surface area contributed by atoms with Gasteiger partial charge in [0.05, 0.1) is 11.8 Å². The van der Waals surface area contributed by atoms with Crippen LogP contribution in [0.4, 0.5) is 0 Å². The van der Waals surface area contributed by atoms with Crippen molar-refractivity contribution in [2.24, 2.45) is 0 Å². The Labute approximate surface area is 194 Å². The van der Waals surface area contributed by atoms with E-state index >= 15 is 0 Å². The molecule has 1 saturated heterocycles. The van der Waals surface area contributed by atoms with Crippen LogP contribution in [0, 0.1) is 6.92 Å². The van der Waals surface area contributed by atoms with E-state index in [4.69, 9.17) is 0 Å². The van der Waals surface area contributed by atoms with Crippen LogP contribution >= 0.6 is 11.8 Å². The number of thioether (sulfide) groups is 1. The van der Waals surface area contributed by atoms with Crippen LogP contribution in [0.15, 0.2) is 29.4 Å². The number of amides is 2. The second-order valence-electron chi connectivity index (χ2n) is 8.80. The first kappa shape index (κ1) is 22.8. The van der Waals surface area contributed by atoms with Gasteiger partial charge >= 0.3 is 0 Å². The third-order valence-corrected chi connectivity index (χ3v) is 7.41. The van der Waals surface area contributed by atoms with Gasteiger partial charge in [-0.15, -0.1) is 10.2 Å². The van der Waals surface area contributed by atoms with Crippen LogP contribution in [0.5, 0.6) is 0 Å². The lowest BCUT2D eigenvalue weighted by atomic mass is 9.95. The van der Waals surface area contributed by atoms with Crippen LogP contribution in [0.3, 0.4) is 0 Å². The highest BCUT2D eigenvalue weighted by atomic mass is 32.2. The molecule has 2 aliphatic rings. The molecule has 1 saturated carbocycles. The van der Waals surface area contributed by atoms with Crippen molar-refractivity contribution in [2.75, 3.05) is 12.3 Å². The molecule has 2 fully saturated rings. The number of aromatic nitrogens is 3. The quantitative estimate of drug-likeness (QED) is 0.635. The second kappa shape index (κ2) is 10.5. The third kappa shape index (κ3) is 5.17. The van der Waals surface area contributed by atoms with Crippen molar-refractivity contribution in [3.05, 3.63) is 41.2 Å². The summed E-state index contributed by atoms with van der Waals surface area (Å²) in [5, 5.41) is 12.8. The first-order chi connectivity index (χ1) is 15.6. The highest BCUT2D eigenvalue weighted by molar-refractivity contribution is 7.99. The minimum Gasteiger partial charge on any atom is -0.353 e. The normalized spacial score (nSPS) is 19.3. The molecular weight excluding hydrogens is 422 g/mol. The van der Waals surface area contributed by atoms with E-state index in [1.54, 1.807) is 0 Å². The average molecular weight is 456 g/mol. The summed E-state index contributed by atoms with van der Waals surface area (Å²) in [6, 6.07) is 7.97. The van der Waals surface area contributed by atoms with Gasteiger partial charge in [-0.3, -0.25) is 9.59 Å². The predicted molar refractivity (Wildman–Crippen MR) is 126 cm³/mol. The van der Waals surface area contributed by atoms with Gasteiger partial charge in [-0.25, -0.2) is 0 Å². The van der Waals surface area contributed by atoms with E-state index in [9.17, 15) is 9.59 Å². The van der Waals surface area contributed by atoms with E-state index in [0.717, 1.165) is 48.8 Å². The molecule has 0 spiro atoms. The van der Waals surface area contributed by atoms with Gasteiger partial charge in [0.1, 0.15) is 0 Å². The molecule has 2 heterocycles. The monoisotopic (exact) mass is 455 g/mol. The maximum atomic E-state index is 13.2. The Kier molecular flexibility index (Phi) is 7.50. The highest BCUT2D eigenvalue weighted by Crippen LogP contribution is 2.34. The number of hydrogen-bond acceptors (Lipinski definition) is 5. The number of benzene rings is 1. The fourth-order valence-electron chi connectivity index (χ4n) is 4.82. The number of nitrogens with one attached hydrogen (secondary N) is 1. The predicted octanol–water partition coefficient (Wildman–Crippen LogP) is 4.12. The summed E-state index contributed by atoms with van der Waals surface area (Å²) in [6.07, 6.45) is 7.66. The van der Waals surface area contributed by atoms with Crippen LogP contribution in [0.2, 0.25) is 0 Å². The molecule has 1 unspecified atom stereocenters. The summed E-state index contributed by atoms with van der Waals surface area (Å²) in [4.78, 5) is 27.6. The van der Waals surface area contributed by atoms with Gasteiger partial charge in [0.15, 0.2) is 11.0 Å². The molecule has 1 N–H and O–H groups in total. The summed E-state index contributed by atoms with van der Waals surface area (Å²) >= 11 is 1.43. The van der Waals surface area contributed by atoms with Crippen molar-refractivity contribution in [2.45, 2.75) is 82.6 Å². The lowest BCUT2D eigenvalue weighted by molar-refractivity contribution is -0.119. The number of aryl methyl sites for hydroxylation is 1. The average Bonchev–Trinajstić information content (AvgIpc) is 3.44. The number of likely N-dealkylation sites (tertiary alicyclic amines) is 1. The maximum Gasteiger partial charge on any atom is 0.254 e. The summed E-state index contributed by atoms with van der Waals surface area (Å²) in [6.45, 7) is 5.48. The lowest BCUT2D eigenvalue weighted by Crippen LogP contribution is -2.37. The number of nitrogens with zero attached hydrogens (tertiary/aromatic N) is 4. The smallest absolute Gasteiger partial charge is 0.254 e. The number of carbonyl (C=O) groups excluding carboxylic acids is 2. The van der Waals surface area contributed by atoms with Gasteiger partial charge in [-0.1, -0.05) is 48.7 Å². The summed E-state index contributed by atoms with van der Waals surface area (Å²) in [5.41, 5.74) is 1.79. The maximum absolute atomic E-state index is 13.2. The topological polar surface area (TPSA) is 80.1 Å². The van der Waals surface area contributed by atoms with E-state index in [0.29, 0.717) is 23.9 Å². The molecule has 2 aromatic rings. The van der Waals surface area contributed by atoms with Gasteiger partial charge < -0.3 is 14.8 Å². The Morgan fingerprint density at radius 3 is 2.69 bits per heavy atom. The van der Waals surface area contributed by atoms with Gasteiger partial charge in [0, 0.05) is 24.7 Å². The van der Waals surface area contributed by atoms with Crippen LogP contribution in [-0.2, 0) is 11.3 Å². The summed E-state index contributed by atoms with van der Waals surface area (Å²) in [5.74, 6) is 1.26. The first-order valence-corrected chi connectivity index (χ1v) is 12.8. The van der Waals surface area contributed by atoms with Crippen molar-refractivity contribution in [1.29, 1.82) is 0 Å². The van der Waals surface area contributed by atoms with Crippen LogP contribution in [0.25, 0.3) is 0 Å². The largest absolute Gasteiger partial charge is 0.353 e. The first-order valence-electron chi connectivity index (χ1n) is 11.8. The minimum absolute atomic E-state index is 0.0444. The van der Waals surface area contributed by atoms with Crippen LogP contribution < -0.4 is 5.32 Å². The molecule has 7 nitrogen and oxygen atoms in total. The van der Waals surface area contributed by atoms with Crippen molar-refractivity contribution >= 4 is 23.6 Å². The lowest BCUT2D eigenvalue weighted by Gasteiger charge is -2.25. The number of hydrogen-bond donors (Lipinski definition) is 1. The van der Waals surface area contributed by atoms with E-state index in [-0.39, 0.29) is 17.9 Å². The summed E-state index contributed by atoms with van der Waals surface area (Å²) < 4.78 is 2.06. The molecule has 1 aromatic heterocycles. The number of rotatable bonds is 7. The Morgan fingerprint density at radius 1 is 1.12 bits per heavy atom. The zero-order chi connectivity index (χ0) is 22.5. The van der Waals surface area contributed by atoms with E-state index in [1.807, 2.05) is 36.1 Å². The minimum atomic E-state index is -0.0825. The molecule has 32 heavy (non-hydrogen) atoms. The molecule has 172 valence electrons. The van der Waals surface area contributed by atoms with E-state index in [1.165, 1.54) is 31.0 Å². The molecule has 1 aromatic carbocycles. The molecule has 8 heteroatoms. The van der Waals surface area contributed by atoms with Crippen LogP contribution in [-0.4, -0.2) is 49.8 Å². The highest BCUT2D eigenvalue weighted by Gasteiger charge is 2.34. The molecule has 2 amide bonds. The Balaban J connectivity index is 1.43. The molecule has 1 aliphatic heterocycles. The molecule has 1 atom stereocenters. The second-order valence-corrected chi connectivity index (χ2v) is 9.74. The SMILES string of the molecule is CCn1c(SCC(=O)NC2CCCCC2)nnc1C1CCCN1C(=O)c1cccc(C)c1. The zero-order valence-corrected chi connectivity index (χ0v) is 19.9. The molecule has 4 rings (SSSR count). The molecule has 1 aliphatic carbocycles. The van der Waals surface area contributed by atoms with E-state index in [2.05, 4.69) is 27.0 Å². The Bertz CT molecular complexity index is 954. The fraction of sp³-hybridized carbons (Fsp3) is 0.583. The zero-order valence-electron chi connectivity index (χ0n) is 19.0. The van der Waals surface area contributed by atoms with Crippen molar-refractivity contribution in [1.82, 2.24) is 25.0 Å². The molecule has 0 radical (unpaired) electrons. The van der Waals surface area contributed by atoms with Crippen molar-refractivity contribution < 1.29 is 9.59 Å². The van der Waals surface area contributed by atoms with E-state index < -0.39 is 0 Å². The Morgan fingerprint density at radius 2 is 1.94 bits per heavy atom. The van der Waals surface area contributed by atoms with Gasteiger partial charge in [-0.2, -0.15) is 0 Å². The van der Waals surface area contributed by atoms with Crippen molar-refractivity contribution in [3.8, 4) is 0 Å². The number of carbonyl (C=O) groups is 2. The fourth-order valence-corrected chi connectivity index (χ4v) is 5.64. The summed E-state index contributed by atoms with van der Waals surface area (Å²) in [7, 11) is 0. The van der Waals surface area contributed by atoms with Gasteiger partial charge in [0.25, 0.3) is 5.91 Å². The Hall–Kier alpha value is -2.35. The van der Waals surface area contributed by atoms with Crippen molar-refractivity contribution in [3.63, 3.8) is 0 Å².